The molecule has 0 unspecified atom stereocenters. The Morgan fingerprint density at radius 1 is 1.35 bits per heavy atom. The fourth-order valence-corrected chi connectivity index (χ4v) is 1.28. The molecule has 2 aromatic heterocycles. The van der Waals surface area contributed by atoms with Gasteiger partial charge in [0.25, 0.3) is 0 Å². The van der Waals surface area contributed by atoms with Crippen molar-refractivity contribution >= 4 is 5.69 Å². The molecule has 2 N–H and O–H groups in total. The number of hydrogen-bond donors (Lipinski definition) is 1. The van der Waals surface area contributed by atoms with Crippen molar-refractivity contribution in [3.05, 3.63) is 24.2 Å². The summed E-state index contributed by atoms with van der Waals surface area (Å²) in [4.78, 5) is 7.11. The van der Waals surface area contributed by atoms with Crippen molar-refractivity contribution in [3.8, 4) is 11.5 Å². The maximum atomic E-state index is 12.6. The highest BCUT2D eigenvalue weighted by Crippen LogP contribution is 2.32. The Bertz CT molecular complexity index is 546. The second kappa shape index (κ2) is 3.72. The highest BCUT2D eigenvalue weighted by atomic mass is 19.4. The van der Waals surface area contributed by atoms with Crippen LogP contribution in [0.5, 0.6) is 0 Å². The summed E-state index contributed by atoms with van der Waals surface area (Å²) in [6, 6.07) is 1.52. The molecule has 0 saturated heterocycles. The highest BCUT2D eigenvalue weighted by molar-refractivity contribution is 5.52. The first-order valence-electron chi connectivity index (χ1n) is 4.57. The summed E-state index contributed by atoms with van der Waals surface area (Å²) in [5.41, 5.74) is 3.80. The van der Waals surface area contributed by atoms with Gasteiger partial charge in [-0.05, 0) is 6.07 Å². The van der Waals surface area contributed by atoms with E-state index >= 15 is 0 Å². The van der Waals surface area contributed by atoms with Crippen molar-refractivity contribution in [1.82, 2.24) is 19.7 Å². The number of aryl methyl sites for hydroxylation is 1. The van der Waals surface area contributed by atoms with E-state index in [0.29, 0.717) is 0 Å². The lowest BCUT2D eigenvalue weighted by Crippen LogP contribution is -2.13. The molecule has 0 aliphatic heterocycles. The molecular formula is C9H8F3N5. The van der Waals surface area contributed by atoms with Crippen LogP contribution >= 0.6 is 0 Å². The lowest BCUT2D eigenvalue weighted by molar-refractivity contribution is -0.140. The first-order valence-corrected chi connectivity index (χ1v) is 4.57. The van der Waals surface area contributed by atoms with Gasteiger partial charge in [-0.15, -0.1) is 0 Å². The van der Waals surface area contributed by atoms with E-state index in [9.17, 15) is 13.2 Å². The maximum absolute atomic E-state index is 12.6. The van der Waals surface area contributed by atoms with Gasteiger partial charge >= 0.3 is 6.18 Å². The summed E-state index contributed by atoms with van der Waals surface area (Å²) in [5, 5.41) is 3.92. The first-order chi connectivity index (χ1) is 7.88. The number of alkyl halides is 3. The topological polar surface area (TPSA) is 69.6 Å². The van der Waals surface area contributed by atoms with Crippen LogP contribution in [0.25, 0.3) is 11.5 Å². The largest absolute Gasteiger partial charge is 0.435 e. The summed E-state index contributed by atoms with van der Waals surface area (Å²) in [6.07, 6.45) is -2.08. The fourth-order valence-electron chi connectivity index (χ4n) is 1.28. The molecule has 0 aromatic carbocycles. The molecular weight excluding hydrogens is 235 g/mol. The van der Waals surface area contributed by atoms with Crippen LogP contribution in [0.2, 0.25) is 0 Å². The van der Waals surface area contributed by atoms with Crippen molar-refractivity contribution < 1.29 is 13.2 Å². The van der Waals surface area contributed by atoms with Crippen molar-refractivity contribution in [1.29, 1.82) is 0 Å². The minimum absolute atomic E-state index is 0.105. The van der Waals surface area contributed by atoms with Crippen molar-refractivity contribution in [2.45, 2.75) is 6.18 Å². The Kier molecular flexibility index (Phi) is 2.49. The molecule has 0 fully saturated rings. The molecule has 2 rings (SSSR count). The van der Waals surface area contributed by atoms with Crippen LogP contribution in [0.1, 0.15) is 5.69 Å². The zero-order chi connectivity index (χ0) is 12.6. The minimum atomic E-state index is -4.60. The lowest BCUT2D eigenvalue weighted by atomic mass is 10.3. The van der Waals surface area contributed by atoms with Gasteiger partial charge in [-0.1, -0.05) is 0 Å². The smallest absolute Gasteiger partial charge is 0.396 e. The number of aromatic nitrogens is 4. The standard InChI is InChI=1S/C9H8F3N5/c1-17-3-2-6(16-17)8-14-4-5(13)7(15-8)9(10,11)12/h2-4H,13H2,1H3. The molecule has 0 saturated carbocycles. The van der Waals surface area contributed by atoms with Gasteiger partial charge in [0.1, 0.15) is 5.69 Å². The summed E-state index contributed by atoms with van der Waals surface area (Å²) in [6.45, 7) is 0. The van der Waals surface area contributed by atoms with E-state index in [1.54, 1.807) is 13.2 Å². The van der Waals surface area contributed by atoms with Gasteiger partial charge in [-0.3, -0.25) is 4.68 Å². The Morgan fingerprint density at radius 2 is 2.06 bits per heavy atom. The van der Waals surface area contributed by atoms with Crippen LogP contribution in [0, 0.1) is 0 Å². The zero-order valence-corrected chi connectivity index (χ0v) is 8.73. The zero-order valence-electron chi connectivity index (χ0n) is 8.73. The average Bonchev–Trinajstić information content (AvgIpc) is 2.64. The number of nitrogens with two attached hydrogens (primary N) is 1. The summed E-state index contributed by atoms with van der Waals surface area (Å²) >= 11 is 0. The third-order valence-corrected chi connectivity index (χ3v) is 2.03. The number of rotatable bonds is 1. The average molecular weight is 243 g/mol. The van der Waals surface area contributed by atoms with Crippen LogP contribution < -0.4 is 5.73 Å². The van der Waals surface area contributed by atoms with Gasteiger partial charge in [0.15, 0.2) is 11.5 Å². The number of hydrogen-bond acceptors (Lipinski definition) is 4. The van der Waals surface area contributed by atoms with E-state index in [0.717, 1.165) is 6.20 Å². The van der Waals surface area contributed by atoms with Gasteiger partial charge in [0.05, 0.1) is 11.9 Å². The third-order valence-electron chi connectivity index (χ3n) is 2.03. The van der Waals surface area contributed by atoms with Crippen molar-refractivity contribution in [2.75, 3.05) is 5.73 Å². The predicted molar refractivity (Wildman–Crippen MR) is 53.6 cm³/mol. The summed E-state index contributed by atoms with van der Waals surface area (Å²) in [5.74, 6) is -0.105. The summed E-state index contributed by atoms with van der Waals surface area (Å²) < 4.78 is 39.1. The van der Waals surface area contributed by atoms with Gasteiger partial charge in [0.2, 0.25) is 0 Å². The van der Waals surface area contributed by atoms with E-state index in [1.165, 1.54) is 10.7 Å². The van der Waals surface area contributed by atoms with Gasteiger partial charge in [-0.2, -0.15) is 18.3 Å². The normalized spacial score (nSPS) is 11.8. The second-order valence-electron chi connectivity index (χ2n) is 3.37. The van der Waals surface area contributed by atoms with Crippen LogP contribution in [0.4, 0.5) is 18.9 Å². The molecule has 0 bridgehead atoms. The highest BCUT2D eigenvalue weighted by Gasteiger charge is 2.35. The molecule has 2 aromatic rings. The van der Waals surface area contributed by atoms with Crippen LogP contribution in [0.3, 0.4) is 0 Å². The molecule has 8 heteroatoms. The van der Waals surface area contributed by atoms with E-state index in [4.69, 9.17) is 5.73 Å². The lowest BCUT2D eigenvalue weighted by Gasteiger charge is -2.08. The van der Waals surface area contributed by atoms with Crippen molar-refractivity contribution in [2.24, 2.45) is 7.05 Å². The molecule has 0 aliphatic rings. The Labute approximate surface area is 94.1 Å². The monoisotopic (exact) mass is 243 g/mol. The van der Waals surface area contributed by atoms with E-state index in [-0.39, 0.29) is 11.5 Å². The van der Waals surface area contributed by atoms with Crippen LogP contribution in [-0.2, 0) is 13.2 Å². The molecule has 90 valence electrons. The van der Waals surface area contributed by atoms with E-state index < -0.39 is 17.6 Å². The number of nitrogens with zero attached hydrogens (tertiary/aromatic N) is 4. The molecule has 0 aliphatic carbocycles. The first kappa shape index (κ1) is 11.4. The number of halogens is 3. The fraction of sp³-hybridized carbons (Fsp3) is 0.222. The Balaban J connectivity index is 2.51. The molecule has 0 radical (unpaired) electrons. The Hall–Kier alpha value is -2.12. The molecule has 17 heavy (non-hydrogen) atoms. The Morgan fingerprint density at radius 3 is 2.59 bits per heavy atom. The quantitative estimate of drug-likeness (QED) is 0.823. The van der Waals surface area contributed by atoms with E-state index in [2.05, 4.69) is 15.1 Å². The summed E-state index contributed by atoms with van der Waals surface area (Å²) in [7, 11) is 1.64. The van der Waals surface area contributed by atoms with Crippen molar-refractivity contribution in [3.63, 3.8) is 0 Å². The molecule has 0 amide bonds. The molecule has 0 spiro atoms. The van der Waals surface area contributed by atoms with Gasteiger partial charge < -0.3 is 5.73 Å². The van der Waals surface area contributed by atoms with Gasteiger partial charge in [0, 0.05) is 13.2 Å². The SMILES string of the molecule is Cn1ccc(-c2ncc(N)c(C(F)(F)F)n2)n1. The maximum Gasteiger partial charge on any atom is 0.435 e. The number of nitrogen functional groups attached to an aromatic ring is 1. The van der Waals surface area contributed by atoms with Gasteiger partial charge in [-0.25, -0.2) is 9.97 Å². The van der Waals surface area contributed by atoms with E-state index in [1.807, 2.05) is 0 Å². The molecule has 2 heterocycles. The predicted octanol–water partition coefficient (Wildman–Crippen LogP) is 1.48. The second-order valence-corrected chi connectivity index (χ2v) is 3.37. The molecule has 5 nitrogen and oxygen atoms in total. The van der Waals surface area contributed by atoms with Crippen LogP contribution in [0.15, 0.2) is 18.5 Å². The number of anilines is 1. The third kappa shape index (κ3) is 2.19. The minimum Gasteiger partial charge on any atom is -0.396 e. The van der Waals surface area contributed by atoms with Crippen LogP contribution in [-0.4, -0.2) is 19.7 Å². The molecule has 0 atom stereocenters.